The lowest BCUT2D eigenvalue weighted by atomic mass is 9.87. The van der Waals surface area contributed by atoms with Crippen LogP contribution in [0.3, 0.4) is 0 Å². The molecule has 2 rings (SSSR count). The number of ketones is 1. The number of benzene rings is 1. The fourth-order valence-corrected chi connectivity index (χ4v) is 2.01. The first kappa shape index (κ1) is 9.66. The molecule has 1 unspecified atom stereocenters. The van der Waals surface area contributed by atoms with Crippen LogP contribution in [0.1, 0.15) is 24.3 Å². The fraction of sp³-hybridized carbons (Fsp3) is 0.250. The van der Waals surface area contributed by atoms with Gasteiger partial charge in [0.1, 0.15) is 0 Å². The Labute approximate surface area is 92.0 Å². The number of carbonyl (C=O) groups excluding carboxylic acids is 1. The normalized spacial score (nSPS) is 21.2. The highest BCUT2D eigenvalue weighted by Gasteiger charge is 2.16. The molecule has 1 aromatic carbocycles. The van der Waals surface area contributed by atoms with E-state index in [1.165, 1.54) is 5.56 Å². The topological polar surface area (TPSA) is 17.1 Å². The van der Waals surface area contributed by atoms with Crippen molar-refractivity contribution < 1.29 is 4.79 Å². The molecule has 0 aromatic heterocycles. The molecular formula is C12H11BrO. The second kappa shape index (κ2) is 4.09. The molecule has 0 fully saturated rings. The number of halogens is 1. The summed E-state index contributed by atoms with van der Waals surface area (Å²) in [5, 5.41) is 0. The summed E-state index contributed by atoms with van der Waals surface area (Å²) in [5.74, 6) is 0.616. The molecule has 0 N–H and O–H groups in total. The van der Waals surface area contributed by atoms with Gasteiger partial charge in [-0.15, -0.1) is 0 Å². The van der Waals surface area contributed by atoms with Crippen molar-refractivity contribution in [2.45, 2.75) is 18.8 Å². The molecular weight excluding hydrogens is 240 g/mol. The van der Waals surface area contributed by atoms with Gasteiger partial charge in [0.2, 0.25) is 0 Å². The van der Waals surface area contributed by atoms with E-state index < -0.39 is 0 Å². The van der Waals surface area contributed by atoms with Gasteiger partial charge in [0.15, 0.2) is 5.78 Å². The number of hydrogen-bond donors (Lipinski definition) is 0. The highest BCUT2D eigenvalue weighted by Crippen LogP contribution is 2.28. The van der Waals surface area contributed by atoms with E-state index in [0.717, 1.165) is 10.9 Å². The van der Waals surface area contributed by atoms with Crippen molar-refractivity contribution in [3.05, 3.63) is 46.5 Å². The van der Waals surface area contributed by atoms with E-state index in [1.54, 1.807) is 6.08 Å². The van der Waals surface area contributed by atoms with Crippen LogP contribution in [0.15, 0.2) is 40.9 Å². The fourth-order valence-electron chi connectivity index (χ4n) is 1.75. The molecule has 2 heteroatoms. The Morgan fingerprint density at radius 2 is 1.93 bits per heavy atom. The maximum absolute atomic E-state index is 11.2. The number of rotatable bonds is 1. The number of carbonyl (C=O) groups is 1. The molecule has 0 saturated heterocycles. The average Bonchev–Trinajstić information content (AvgIpc) is 2.19. The average molecular weight is 251 g/mol. The Kier molecular flexibility index (Phi) is 2.82. The summed E-state index contributed by atoms with van der Waals surface area (Å²) in [6.07, 6.45) is 5.29. The highest BCUT2D eigenvalue weighted by atomic mass is 79.9. The molecule has 1 aliphatic rings. The Morgan fingerprint density at radius 1 is 1.21 bits per heavy atom. The molecule has 1 aliphatic carbocycles. The first-order valence-corrected chi connectivity index (χ1v) is 5.50. The molecule has 0 spiro atoms. The third-order valence-electron chi connectivity index (χ3n) is 2.51. The van der Waals surface area contributed by atoms with Crippen LogP contribution >= 0.6 is 15.9 Å². The van der Waals surface area contributed by atoms with Gasteiger partial charge in [-0.25, -0.2) is 0 Å². The van der Waals surface area contributed by atoms with E-state index in [-0.39, 0.29) is 5.78 Å². The van der Waals surface area contributed by atoms with Gasteiger partial charge in [-0.3, -0.25) is 4.79 Å². The minimum atomic E-state index is 0.240. The Morgan fingerprint density at radius 3 is 2.57 bits per heavy atom. The lowest BCUT2D eigenvalue weighted by Gasteiger charge is -2.17. The van der Waals surface area contributed by atoms with Crippen LogP contribution in [-0.4, -0.2) is 5.78 Å². The first-order chi connectivity index (χ1) is 6.75. The SMILES string of the molecule is O=C1C=CCC(c2ccc(Br)cc2)C1. The van der Waals surface area contributed by atoms with Crippen LogP contribution in [0.25, 0.3) is 0 Å². The largest absolute Gasteiger partial charge is 0.295 e. The van der Waals surface area contributed by atoms with Gasteiger partial charge >= 0.3 is 0 Å². The monoisotopic (exact) mass is 250 g/mol. The molecule has 1 aromatic rings. The van der Waals surface area contributed by atoms with Crippen LogP contribution in [0.4, 0.5) is 0 Å². The summed E-state index contributed by atoms with van der Waals surface area (Å²) < 4.78 is 1.08. The second-order valence-corrected chi connectivity index (χ2v) is 4.47. The molecule has 0 bridgehead atoms. The lowest BCUT2D eigenvalue weighted by Crippen LogP contribution is -2.08. The van der Waals surface area contributed by atoms with E-state index in [0.29, 0.717) is 12.3 Å². The molecule has 0 amide bonds. The maximum atomic E-state index is 11.2. The molecule has 1 nitrogen and oxygen atoms in total. The zero-order chi connectivity index (χ0) is 9.97. The summed E-state index contributed by atoms with van der Waals surface area (Å²) in [6, 6.07) is 8.22. The van der Waals surface area contributed by atoms with Crippen molar-refractivity contribution in [1.82, 2.24) is 0 Å². The maximum Gasteiger partial charge on any atom is 0.155 e. The quantitative estimate of drug-likeness (QED) is 0.747. The minimum Gasteiger partial charge on any atom is -0.295 e. The summed E-state index contributed by atoms with van der Waals surface area (Å²) in [5.41, 5.74) is 1.26. The zero-order valence-electron chi connectivity index (χ0n) is 7.74. The first-order valence-electron chi connectivity index (χ1n) is 4.70. The lowest BCUT2D eigenvalue weighted by molar-refractivity contribution is -0.115. The molecule has 0 aliphatic heterocycles. The zero-order valence-corrected chi connectivity index (χ0v) is 9.33. The molecule has 1 atom stereocenters. The molecule has 0 heterocycles. The minimum absolute atomic E-state index is 0.240. The van der Waals surface area contributed by atoms with E-state index in [2.05, 4.69) is 28.1 Å². The van der Waals surface area contributed by atoms with Crippen LogP contribution in [-0.2, 0) is 4.79 Å². The third kappa shape index (κ3) is 2.13. The third-order valence-corrected chi connectivity index (χ3v) is 3.04. The number of allylic oxidation sites excluding steroid dienone is 2. The van der Waals surface area contributed by atoms with Crippen molar-refractivity contribution in [3.63, 3.8) is 0 Å². The van der Waals surface area contributed by atoms with E-state index >= 15 is 0 Å². The predicted molar refractivity (Wildman–Crippen MR) is 60.3 cm³/mol. The van der Waals surface area contributed by atoms with Gasteiger partial charge in [-0.1, -0.05) is 34.1 Å². The van der Waals surface area contributed by atoms with Crippen molar-refractivity contribution in [1.29, 1.82) is 0 Å². The van der Waals surface area contributed by atoms with E-state index in [9.17, 15) is 4.79 Å². The van der Waals surface area contributed by atoms with Crippen molar-refractivity contribution >= 4 is 21.7 Å². The van der Waals surface area contributed by atoms with Gasteiger partial charge < -0.3 is 0 Å². The molecule has 0 radical (unpaired) electrons. The Bertz CT molecular complexity index is 364. The standard InChI is InChI=1S/C12H11BrO/c13-11-6-4-9(5-7-11)10-2-1-3-12(14)8-10/h1,3-7,10H,2,8H2. The van der Waals surface area contributed by atoms with Gasteiger partial charge in [0.25, 0.3) is 0 Å². The van der Waals surface area contributed by atoms with Crippen LogP contribution in [0.5, 0.6) is 0 Å². The molecule has 14 heavy (non-hydrogen) atoms. The number of hydrogen-bond acceptors (Lipinski definition) is 1. The van der Waals surface area contributed by atoms with E-state index in [1.807, 2.05) is 18.2 Å². The smallest absolute Gasteiger partial charge is 0.155 e. The summed E-state index contributed by atoms with van der Waals surface area (Å²) >= 11 is 3.40. The van der Waals surface area contributed by atoms with Crippen LogP contribution in [0, 0.1) is 0 Å². The van der Waals surface area contributed by atoms with Crippen molar-refractivity contribution in [2.24, 2.45) is 0 Å². The molecule has 0 saturated carbocycles. The van der Waals surface area contributed by atoms with Gasteiger partial charge in [-0.2, -0.15) is 0 Å². The summed E-state index contributed by atoms with van der Waals surface area (Å²) in [7, 11) is 0. The second-order valence-electron chi connectivity index (χ2n) is 3.56. The summed E-state index contributed by atoms with van der Waals surface area (Å²) in [4.78, 5) is 11.2. The van der Waals surface area contributed by atoms with Gasteiger partial charge in [0, 0.05) is 10.9 Å². The van der Waals surface area contributed by atoms with E-state index in [4.69, 9.17) is 0 Å². The Balaban J connectivity index is 2.19. The molecule has 72 valence electrons. The van der Waals surface area contributed by atoms with Gasteiger partial charge in [-0.05, 0) is 36.1 Å². The van der Waals surface area contributed by atoms with Crippen LogP contribution in [0.2, 0.25) is 0 Å². The van der Waals surface area contributed by atoms with Crippen molar-refractivity contribution in [2.75, 3.05) is 0 Å². The van der Waals surface area contributed by atoms with Crippen LogP contribution < -0.4 is 0 Å². The van der Waals surface area contributed by atoms with Gasteiger partial charge in [0.05, 0.1) is 0 Å². The Hall–Kier alpha value is -0.890. The summed E-state index contributed by atoms with van der Waals surface area (Å²) in [6.45, 7) is 0. The van der Waals surface area contributed by atoms with Crippen molar-refractivity contribution in [3.8, 4) is 0 Å². The predicted octanol–water partition coefficient (Wildman–Crippen LogP) is 3.45. The highest BCUT2D eigenvalue weighted by molar-refractivity contribution is 9.10.